The molecule has 2 aromatic heterocycles. The lowest BCUT2D eigenvalue weighted by molar-refractivity contribution is 0.165. The van der Waals surface area contributed by atoms with E-state index >= 15 is 0 Å². The summed E-state index contributed by atoms with van der Waals surface area (Å²) in [4.78, 5) is 0.242. The molecule has 0 aliphatic carbocycles. The van der Waals surface area contributed by atoms with E-state index < -0.39 is 10.0 Å². The fourth-order valence-corrected chi connectivity index (χ4v) is 4.38. The van der Waals surface area contributed by atoms with Crippen LogP contribution in [0.3, 0.4) is 0 Å². The van der Waals surface area contributed by atoms with Gasteiger partial charge in [0.25, 0.3) is 10.0 Å². The second-order valence-electron chi connectivity index (χ2n) is 5.87. The van der Waals surface area contributed by atoms with Gasteiger partial charge in [0, 0.05) is 24.3 Å². The smallest absolute Gasteiger partial charge is 0.268 e. The summed E-state index contributed by atoms with van der Waals surface area (Å²) in [6, 6.07) is 19.4. The number of benzene rings is 2. The highest BCUT2D eigenvalue weighted by Gasteiger charge is 2.22. The van der Waals surface area contributed by atoms with Crippen molar-refractivity contribution in [2.45, 2.75) is 11.5 Å². The maximum absolute atomic E-state index is 13.1. The van der Waals surface area contributed by atoms with E-state index in [-0.39, 0.29) is 4.90 Å². The average molecular weight is 367 g/mol. The van der Waals surface area contributed by atoms with E-state index in [0.717, 1.165) is 10.9 Å². The summed E-state index contributed by atoms with van der Waals surface area (Å²) in [5.41, 5.74) is 1.33. The third-order valence-corrected chi connectivity index (χ3v) is 5.88. The Morgan fingerprint density at radius 3 is 2.46 bits per heavy atom. The van der Waals surface area contributed by atoms with Crippen molar-refractivity contribution in [2.24, 2.45) is 0 Å². The van der Waals surface area contributed by atoms with Crippen molar-refractivity contribution >= 4 is 20.9 Å². The molecule has 0 saturated heterocycles. The van der Waals surface area contributed by atoms with Crippen LogP contribution in [0.2, 0.25) is 0 Å². The van der Waals surface area contributed by atoms with E-state index in [9.17, 15) is 8.42 Å². The molecule has 0 radical (unpaired) electrons. The normalized spacial score (nSPS) is 11.9. The first-order chi connectivity index (χ1) is 12.6. The Morgan fingerprint density at radius 1 is 0.962 bits per heavy atom. The largest absolute Gasteiger partial charge is 0.459 e. The Kier molecular flexibility index (Phi) is 4.14. The highest BCUT2D eigenvalue weighted by Crippen LogP contribution is 2.34. The second kappa shape index (κ2) is 6.48. The highest BCUT2D eigenvalue weighted by atomic mass is 32.2. The van der Waals surface area contributed by atoms with Gasteiger partial charge in [-0.25, -0.2) is 12.4 Å². The monoisotopic (exact) mass is 367 g/mol. The van der Waals surface area contributed by atoms with Crippen molar-refractivity contribution < 1.29 is 17.6 Å². The summed E-state index contributed by atoms with van der Waals surface area (Å²) < 4.78 is 38.4. The maximum Gasteiger partial charge on any atom is 0.268 e. The van der Waals surface area contributed by atoms with Gasteiger partial charge in [0.05, 0.1) is 10.4 Å². The summed E-state index contributed by atoms with van der Waals surface area (Å²) in [7, 11) is -2.11. The van der Waals surface area contributed by atoms with Gasteiger partial charge in [-0.2, -0.15) is 0 Å². The molecule has 6 heteroatoms. The van der Waals surface area contributed by atoms with Crippen LogP contribution in [-0.2, 0) is 21.4 Å². The Hall–Kier alpha value is -2.83. The highest BCUT2D eigenvalue weighted by molar-refractivity contribution is 7.90. The molecule has 2 aromatic carbocycles. The Bertz CT molecular complexity index is 1160. The number of fused-ring (bicyclic) bond motifs is 1. The fraction of sp³-hybridized carbons (Fsp3) is 0.100. The summed E-state index contributed by atoms with van der Waals surface area (Å²) in [6.07, 6.45) is 1.61. The van der Waals surface area contributed by atoms with Gasteiger partial charge in [0.2, 0.25) is 0 Å². The van der Waals surface area contributed by atoms with Crippen LogP contribution in [0, 0.1) is 0 Å². The van der Waals surface area contributed by atoms with Gasteiger partial charge in [-0.1, -0.05) is 36.4 Å². The fourth-order valence-electron chi connectivity index (χ4n) is 2.99. The standard InChI is InChI=1S/C20H17NO4S/c1-24-14-15-11-12-20(25-15)18-13-21(19-10-6-5-9-17(18)19)26(22,23)16-7-3-2-4-8-16/h2-13H,14H2,1H3. The number of nitrogens with zero attached hydrogens (tertiary/aromatic N) is 1. The van der Waals surface area contributed by atoms with Crippen LogP contribution in [0.25, 0.3) is 22.2 Å². The number of methoxy groups -OCH3 is 1. The van der Waals surface area contributed by atoms with Crippen molar-refractivity contribution in [3.8, 4) is 11.3 Å². The molecule has 5 nitrogen and oxygen atoms in total. The number of rotatable bonds is 5. The predicted molar refractivity (Wildman–Crippen MR) is 99.4 cm³/mol. The molecule has 0 atom stereocenters. The number of aromatic nitrogens is 1. The molecule has 26 heavy (non-hydrogen) atoms. The van der Waals surface area contributed by atoms with Gasteiger partial charge in [0.15, 0.2) is 0 Å². The molecule has 2 heterocycles. The van der Waals surface area contributed by atoms with E-state index in [4.69, 9.17) is 9.15 Å². The maximum atomic E-state index is 13.1. The van der Waals surface area contributed by atoms with E-state index in [1.54, 1.807) is 49.7 Å². The van der Waals surface area contributed by atoms with Crippen molar-refractivity contribution in [1.29, 1.82) is 0 Å². The van der Waals surface area contributed by atoms with Gasteiger partial charge >= 0.3 is 0 Å². The first-order valence-corrected chi connectivity index (χ1v) is 9.54. The Morgan fingerprint density at radius 2 is 1.69 bits per heavy atom. The number of ether oxygens (including phenoxy) is 1. The minimum Gasteiger partial charge on any atom is -0.459 e. The minimum absolute atomic E-state index is 0.242. The SMILES string of the molecule is COCc1ccc(-c2cn(S(=O)(=O)c3ccccc3)c3ccccc23)o1. The van der Waals surface area contributed by atoms with E-state index in [2.05, 4.69) is 0 Å². The molecular formula is C20H17NO4S. The topological polar surface area (TPSA) is 61.4 Å². The van der Waals surface area contributed by atoms with Crippen molar-refractivity contribution in [3.05, 3.63) is 78.7 Å². The third-order valence-electron chi connectivity index (χ3n) is 4.19. The first kappa shape index (κ1) is 16.6. The molecule has 0 fully saturated rings. The average Bonchev–Trinajstić information content (AvgIpc) is 3.27. The van der Waals surface area contributed by atoms with Crippen LogP contribution in [0.5, 0.6) is 0 Å². The third kappa shape index (κ3) is 2.73. The Labute approximate surface area is 151 Å². The van der Waals surface area contributed by atoms with Crippen LogP contribution in [-0.4, -0.2) is 19.5 Å². The van der Waals surface area contributed by atoms with Crippen molar-refractivity contribution in [2.75, 3.05) is 7.11 Å². The summed E-state index contributed by atoms with van der Waals surface area (Å²) in [5.74, 6) is 1.29. The zero-order valence-electron chi connectivity index (χ0n) is 14.1. The molecule has 0 amide bonds. The lowest BCUT2D eigenvalue weighted by Gasteiger charge is -2.07. The van der Waals surface area contributed by atoms with E-state index in [1.807, 2.05) is 30.3 Å². The number of hydrogen-bond donors (Lipinski definition) is 0. The zero-order valence-corrected chi connectivity index (χ0v) is 14.9. The van der Waals surface area contributed by atoms with Gasteiger partial charge in [0.1, 0.15) is 18.1 Å². The van der Waals surface area contributed by atoms with Crippen LogP contribution in [0.4, 0.5) is 0 Å². The molecule has 0 spiro atoms. The molecule has 0 saturated carbocycles. The molecule has 0 aliphatic heterocycles. The van der Waals surface area contributed by atoms with Crippen LogP contribution >= 0.6 is 0 Å². The quantitative estimate of drug-likeness (QED) is 0.528. The summed E-state index contributed by atoms with van der Waals surface area (Å²) >= 11 is 0. The second-order valence-corrected chi connectivity index (χ2v) is 7.69. The molecular weight excluding hydrogens is 350 g/mol. The zero-order chi connectivity index (χ0) is 18.1. The number of hydrogen-bond acceptors (Lipinski definition) is 4. The molecule has 0 bridgehead atoms. The van der Waals surface area contributed by atoms with Crippen molar-refractivity contribution in [3.63, 3.8) is 0 Å². The minimum atomic E-state index is -3.71. The summed E-state index contributed by atoms with van der Waals surface area (Å²) in [6.45, 7) is 0.362. The molecule has 132 valence electrons. The molecule has 0 unspecified atom stereocenters. The van der Waals surface area contributed by atoms with Gasteiger partial charge in [-0.05, 0) is 30.3 Å². The lowest BCUT2D eigenvalue weighted by Crippen LogP contribution is -2.11. The van der Waals surface area contributed by atoms with E-state index in [1.165, 1.54) is 3.97 Å². The predicted octanol–water partition coefficient (Wildman–Crippen LogP) is 4.28. The van der Waals surface area contributed by atoms with Gasteiger partial charge < -0.3 is 9.15 Å². The first-order valence-electron chi connectivity index (χ1n) is 8.10. The van der Waals surface area contributed by atoms with Crippen LogP contribution in [0.15, 0.2) is 82.2 Å². The number of furan rings is 1. The lowest BCUT2D eigenvalue weighted by atomic mass is 10.1. The van der Waals surface area contributed by atoms with Crippen LogP contribution in [0.1, 0.15) is 5.76 Å². The van der Waals surface area contributed by atoms with Crippen molar-refractivity contribution in [1.82, 2.24) is 3.97 Å². The summed E-state index contributed by atoms with van der Waals surface area (Å²) in [5, 5.41) is 0.810. The molecule has 0 N–H and O–H groups in total. The number of para-hydroxylation sites is 1. The van der Waals surface area contributed by atoms with Gasteiger partial charge in [-0.15, -0.1) is 0 Å². The Balaban J connectivity index is 1.92. The van der Waals surface area contributed by atoms with Crippen LogP contribution < -0.4 is 0 Å². The van der Waals surface area contributed by atoms with E-state index in [0.29, 0.717) is 23.6 Å². The molecule has 4 rings (SSSR count). The van der Waals surface area contributed by atoms with Gasteiger partial charge in [-0.3, -0.25) is 0 Å². The molecule has 4 aromatic rings. The molecule has 0 aliphatic rings.